The molecule has 0 aliphatic heterocycles. The maximum Gasteiger partial charge on any atom is 0.190 e. The van der Waals surface area contributed by atoms with Crippen LogP contribution in [0.25, 0.3) is 0 Å². The van der Waals surface area contributed by atoms with Crippen LogP contribution in [-0.4, -0.2) is 26.3 Å². The summed E-state index contributed by atoms with van der Waals surface area (Å²) in [5.41, 5.74) is 0.771. The maximum absolute atomic E-state index is 12.0. The van der Waals surface area contributed by atoms with Crippen LogP contribution < -0.4 is 0 Å². The van der Waals surface area contributed by atoms with E-state index in [1.807, 2.05) is 42.8 Å². The average molecular weight is 354 g/mol. The van der Waals surface area contributed by atoms with Gasteiger partial charge in [0.2, 0.25) is 0 Å². The molecule has 0 spiro atoms. The van der Waals surface area contributed by atoms with E-state index in [-0.39, 0.29) is 5.78 Å². The number of aryl methyl sites for hydroxylation is 1. The number of hydrogen-bond donors (Lipinski definition) is 0. The summed E-state index contributed by atoms with van der Waals surface area (Å²) in [5, 5.41) is 8.99. The number of benzene rings is 1. The minimum atomic E-state index is 0.187. The molecule has 0 bridgehead atoms. The Bertz CT molecular complexity index is 595. The van der Waals surface area contributed by atoms with Gasteiger partial charge in [-0.15, -0.1) is 10.2 Å². The lowest BCUT2D eigenvalue weighted by molar-refractivity contribution is 0.0982. The van der Waals surface area contributed by atoms with E-state index in [1.165, 1.54) is 0 Å². The van der Waals surface area contributed by atoms with Crippen LogP contribution in [0.5, 0.6) is 0 Å². The number of carbonyl (C=O) groups excluding carboxylic acids is 1. The van der Waals surface area contributed by atoms with Crippen molar-refractivity contribution in [3.63, 3.8) is 0 Å². The van der Waals surface area contributed by atoms with E-state index >= 15 is 0 Å². The van der Waals surface area contributed by atoms with Gasteiger partial charge in [-0.05, 0) is 25.5 Å². The molecule has 4 nitrogen and oxygen atoms in total. The summed E-state index contributed by atoms with van der Waals surface area (Å²) < 4.78 is 2.95. The number of thioether (sulfide) groups is 1. The molecular formula is C14H16BrN3OS. The smallest absolute Gasteiger partial charge is 0.190 e. The Morgan fingerprint density at radius 2 is 2.00 bits per heavy atom. The standard InChI is InChI=1S/C14H16BrN3OS/c1-10-16-17-14(18(10)2)20-9-3-4-13(19)11-5-7-12(15)8-6-11/h5-8H,3-4,9H2,1-2H3. The summed E-state index contributed by atoms with van der Waals surface area (Å²) in [5.74, 6) is 1.96. The van der Waals surface area contributed by atoms with Crippen LogP contribution in [0.15, 0.2) is 33.9 Å². The fourth-order valence-electron chi connectivity index (χ4n) is 1.69. The highest BCUT2D eigenvalue weighted by Crippen LogP contribution is 2.18. The molecule has 0 N–H and O–H groups in total. The Labute approximate surface area is 131 Å². The first kappa shape index (κ1) is 15.3. The van der Waals surface area contributed by atoms with Gasteiger partial charge in [0.1, 0.15) is 5.82 Å². The lowest BCUT2D eigenvalue weighted by Crippen LogP contribution is -2.00. The SMILES string of the molecule is Cc1nnc(SCCCC(=O)c2ccc(Br)cc2)n1C. The normalized spacial score (nSPS) is 10.8. The van der Waals surface area contributed by atoms with E-state index in [2.05, 4.69) is 26.1 Å². The number of rotatable bonds is 6. The fraction of sp³-hybridized carbons (Fsp3) is 0.357. The van der Waals surface area contributed by atoms with Crippen LogP contribution in [0.2, 0.25) is 0 Å². The van der Waals surface area contributed by atoms with Crippen molar-refractivity contribution in [2.75, 3.05) is 5.75 Å². The van der Waals surface area contributed by atoms with Gasteiger partial charge in [-0.3, -0.25) is 4.79 Å². The number of nitrogens with zero attached hydrogens (tertiary/aromatic N) is 3. The van der Waals surface area contributed by atoms with Gasteiger partial charge in [-0.2, -0.15) is 0 Å². The highest BCUT2D eigenvalue weighted by Gasteiger charge is 2.08. The fourth-order valence-corrected chi connectivity index (χ4v) is 2.85. The Balaban J connectivity index is 1.77. The number of Topliss-reactive ketones (excluding diaryl/α,β-unsaturated/α-hetero) is 1. The van der Waals surface area contributed by atoms with Crippen molar-refractivity contribution < 1.29 is 4.79 Å². The van der Waals surface area contributed by atoms with E-state index in [0.29, 0.717) is 6.42 Å². The van der Waals surface area contributed by atoms with E-state index < -0.39 is 0 Å². The molecule has 106 valence electrons. The predicted molar refractivity (Wildman–Crippen MR) is 84.2 cm³/mol. The van der Waals surface area contributed by atoms with E-state index in [0.717, 1.165) is 33.2 Å². The Hall–Kier alpha value is -1.14. The number of ketones is 1. The number of hydrogen-bond acceptors (Lipinski definition) is 4. The lowest BCUT2D eigenvalue weighted by Gasteiger charge is -2.02. The molecular weight excluding hydrogens is 338 g/mol. The first-order valence-electron chi connectivity index (χ1n) is 6.35. The second kappa shape index (κ2) is 7.04. The molecule has 2 aromatic rings. The zero-order valence-electron chi connectivity index (χ0n) is 11.5. The summed E-state index contributed by atoms with van der Waals surface area (Å²) in [6.07, 6.45) is 1.40. The van der Waals surface area contributed by atoms with Crippen LogP contribution in [0.1, 0.15) is 29.0 Å². The quantitative estimate of drug-likeness (QED) is 0.451. The molecule has 6 heteroatoms. The summed E-state index contributed by atoms with van der Waals surface area (Å²) in [7, 11) is 1.95. The minimum absolute atomic E-state index is 0.187. The van der Waals surface area contributed by atoms with Gasteiger partial charge >= 0.3 is 0 Å². The topological polar surface area (TPSA) is 47.8 Å². The third kappa shape index (κ3) is 3.93. The van der Waals surface area contributed by atoms with E-state index in [1.54, 1.807) is 11.8 Å². The first-order chi connectivity index (χ1) is 9.58. The molecule has 1 aromatic carbocycles. The van der Waals surface area contributed by atoms with Crippen molar-refractivity contribution >= 4 is 33.5 Å². The van der Waals surface area contributed by atoms with Crippen molar-refractivity contribution in [1.82, 2.24) is 14.8 Å². The van der Waals surface area contributed by atoms with Crippen molar-refractivity contribution in [2.24, 2.45) is 7.05 Å². The van der Waals surface area contributed by atoms with Crippen LogP contribution in [0.4, 0.5) is 0 Å². The predicted octanol–water partition coefficient (Wildman–Crippen LogP) is 3.64. The molecule has 0 aliphatic rings. The molecule has 20 heavy (non-hydrogen) atoms. The molecule has 0 aliphatic carbocycles. The monoisotopic (exact) mass is 353 g/mol. The molecule has 0 saturated heterocycles. The van der Waals surface area contributed by atoms with Gasteiger partial charge in [-0.25, -0.2) is 0 Å². The molecule has 0 fully saturated rings. The Morgan fingerprint density at radius 1 is 1.30 bits per heavy atom. The second-order valence-corrected chi connectivity index (χ2v) is 6.45. The van der Waals surface area contributed by atoms with Crippen LogP contribution in [-0.2, 0) is 7.05 Å². The minimum Gasteiger partial charge on any atom is -0.309 e. The highest BCUT2D eigenvalue weighted by molar-refractivity contribution is 9.10. The largest absolute Gasteiger partial charge is 0.309 e. The molecule has 2 rings (SSSR count). The summed E-state index contributed by atoms with van der Waals surface area (Å²) in [4.78, 5) is 12.0. The zero-order valence-corrected chi connectivity index (χ0v) is 13.9. The lowest BCUT2D eigenvalue weighted by atomic mass is 10.1. The van der Waals surface area contributed by atoms with Crippen molar-refractivity contribution in [3.8, 4) is 0 Å². The molecule has 0 amide bonds. The maximum atomic E-state index is 12.0. The summed E-state index contributed by atoms with van der Waals surface area (Å²) in [6.45, 7) is 1.92. The first-order valence-corrected chi connectivity index (χ1v) is 8.13. The molecule has 0 radical (unpaired) electrons. The second-order valence-electron chi connectivity index (χ2n) is 4.47. The van der Waals surface area contributed by atoms with Crippen LogP contribution in [0, 0.1) is 6.92 Å². The van der Waals surface area contributed by atoms with Crippen molar-refractivity contribution in [3.05, 3.63) is 40.1 Å². The summed E-state index contributed by atoms with van der Waals surface area (Å²) in [6, 6.07) is 7.49. The van der Waals surface area contributed by atoms with E-state index in [4.69, 9.17) is 0 Å². The third-order valence-electron chi connectivity index (χ3n) is 3.00. The van der Waals surface area contributed by atoms with Crippen molar-refractivity contribution in [1.29, 1.82) is 0 Å². The highest BCUT2D eigenvalue weighted by atomic mass is 79.9. The summed E-state index contributed by atoms with van der Waals surface area (Å²) >= 11 is 5.00. The van der Waals surface area contributed by atoms with Gasteiger partial charge < -0.3 is 4.57 Å². The zero-order chi connectivity index (χ0) is 14.5. The molecule has 1 aromatic heterocycles. The van der Waals surface area contributed by atoms with Crippen molar-refractivity contribution in [2.45, 2.75) is 24.9 Å². The number of halogens is 1. The molecule has 0 atom stereocenters. The van der Waals surface area contributed by atoms with E-state index in [9.17, 15) is 4.79 Å². The van der Waals surface area contributed by atoms with Gasteiger partial charge in [0, 0.05) is 29.3 Å². The third-order valence-corrected chi connectivity index (χ3v) is 4.63. The molecule has 1 heterocycles. The average Bonchev–Trinajstić information content (AvgIpc) is 2.76. The van der Waals surface area contributed by atoms with Gasteiger partial charge in [-0.1, -0.05) is 39.8 Å². The van der Waals surface area contributed by atoms with Gasteiger partial charge in [0.15, 0.2) is 10.9 Å². The Kier molecular flexibility index (Phi) is 5.37. The van der Waals surface area contributed by atoms with Crippen LogP contribution >= 0.6 is 27.7 Å². The van der Waals surface area contributed by atoms with Gasteiger partial charge in [0.25, 0.3) is 0 Å². The molecule has 0 saturated carbocycles. The van der Waals surface area contributed by atoms with Crippen LogP contribution in [0.3, 0.4) is 0 Å². The number of carbonyl (C=O) groups is 1. The molecule has 0 unspecified atom stereocenters. The number of aromatic nitrogens is 3. The van der Waals surface area contributed by atoms with Gasteiger partial charge in [0.05, 0.1) is 0 Å². The Morgan fingerprint density at radius 3 is 2.60 bits per heavy atom.